The second kappa shape index (κ2) is 9.54. The van der Waals surface area contributed by atoms with Crippen molar-refractivity contribution < 1.29 is 0 Å². The monoisotopic (exact) mass is 609 g/mol. The van der Waals surface area contributed by atoms with E-state index >= 15 is 0 Å². The molecule has 11 rings (SSSR count). The van der Waals surface area contributed by atoms with Gasteiger partial charge in [-0.15, -0.1) is 0 Å². The van der Waals surface area contributed by atoms with Gasteiger partial charge in [0, 0.05) is 43.6 Å². The van der Waals surface area contributed by atoms with E-state index in [1.54, 1.807) is 0 Å². The summed E-state index contributed by atoms with van der Waals surface area (Å²) in [6, 6.07) is 59.2. The fraction of sp³-hybridized carbons (Fsp3) is 0. The Labute approximate surface area is 276 Å². The smallest absolute Gasteiger partial charge is 0.138 e. The van der Waals surface area contributed by atoms with Gasteiger partial charge < -0.3 is 4.57 Å². The maximum Gasteiger partial charge on any atom is 0.138 e. The number of pyridine rings is 1. The molecule has 0 saturated heterocycles. The molecule has 0 amide bonds. The van der Waals surface area contributed by atoms with Crippen LogP contribution < -0.4 is 0 Å². The lowest BCUT2D eigenvalue weighted by molar-refractivity contribution is 1.09. The Bertz CT molecular complexity index is 2930. The lowest BCUT2D eigenvalue weighted by Crippen LogP contribution is -2.00. The molecule has 0 saturated carbocycles. The summed E-state index contributed by atoms with van der Waals surface area (Å²) >= 11 is 0. The van der Waals surface area contributed by atoms with Crippen LogP contribution in [-0.2, 0) is 0 Å². The van der Waals surface area contributed by atoms with Crippen LogP contribution >= 0.6 is 0 Å². The van der Waals surface area contributed by atoms with Gasteiger partial charge in [0.05, 0.1) is 27.8 Å². The minimum Gasteiger partial charge on any atom is -0.309 e. The molecular formula is C45H27N3. The number of aromatic nitrogens is 3. The van der Waals surface area contributed by atoms with Crippen molar-refractivity contribution in [2.24, 2.45) is 0 Å². The van der Waals surface area contributed by atoms with E-state index in [2.05, 4.69) is 173 Å². The summed E-state index contributed by atoms with van der Waals surface area (Å²) in [6.07, 6.45) is 0. The van der Waals surface area contributed by atoms with E-state index < -0.39 is 0 Å². The zero-order valence-corrected chi connectivity index (χ0v) is 25.9. The summed E-state index contributed by atoms with van der Waals surface area (Å²) in [6.45, 7) is 0. The van der Waals surface area contributed by atoms with Gasteiger partial charge in [-0.3, -0.25) is 4.57 Å². The van der Waals surface area contributed by atoms with Crippen LogP contribution in [-0.4, -0.2) is 14.1 Å². The molecule has 0 radical (unpaired) electrons. The number of rotatable bonds is 3. The molecule has 0 fully saturated rings. The molecule has 3 heteroatoms. The van der Waals surface area contributed by atoms with Crippen LogP contribution in [0.25, 0.3) is 99.4 Å². The Morgan fingerprint density at radius 2 is 0.958 bits per heavy atom. The Kier molecular flexibility index (Phi) is 5.11. The Morgan fingerprint density at radius 3 is 1.77 bits per heavy atom. The molecule has 0 unspecified atom stereocenters. The van der Waals surface area contributed by atoms with E-state index in [-0.39, 0.29) is 0 Å². The van der Waals surface area contributed by atoms with Crippen LogP contribution in [0.4, 0.5) is 0 Å². The van der Waals surface area contributed by atoms with Gasteiger partial charge in [-0.25, -0.2) is 4.98 Å². The quantitative estimate of drug-likeness (QED) is 0.195. The fourth-order valence-electron chi connectivity index (χ4n) is 8.38. The van der Waals surface area contributed by atoms with Gasteiger partial charge in [0.1, 0.15) is 5.82 Å². The van der Waals surface area contributed by atoms with Gasteiger partial charge in [-0.05, 0) is 58.7 Å². The van der Waals surface area contributed by atoms with Crippen molar-refractivity contribution in [3.05, 3.63) is 164 Å². The van der Waals surface area contributed by atoms with Gasteiger partial charge >= 0.3 is 0 Å². The molecule has 0 spiro atoms. The Morgan fingerprint density at radius 1 is 0.354 bits per heavy atom. The molecular weight excluding hydrogens is 583 g/mol. The SMILES string of the molecule is c1ccc(-c2cccc(-n3c4cccc5c4c4c6c(cccc6c6c(c7ccccc7n6-c6ccccc6)c43)-c3ccccc3-5)n2)cc1. The lowest BCUT2D eigenvalue weighted by Gasteiger charge is -2.16. The van der Waals surface area contributed by atoms with E-state index in [9.17, 15) is 0 Å². The van der Waals surface area contributed by atoms with Crippen LogP contribution in [0.2, 0.25) is 0 Å². The molecule has 3 nitrogen and oxygen atoms in total. The van der Waals surface area contributed by atoms with Crippen LogP contribution in [0.1, 0.15) is 0 Å². The molecule has 0 bridgehead atoms. The summed E-state index contributed by atoms with van der Waals surface area (Å²) in [7, 11) is 0. The van der Waals surface area contributed by atoms with Crippen molar-refractivity contribution in [3.63, 3.8) is 0 Å². The van der Waals surface area contributed by atoms with Crippen molar-refractivity contribution in [2.75, 3.05) is 0 Å². The van der Waals surface area contributed by atoms with Gasteiger partial charge in [0.25, 0.3) is 0 Å². The standard InChI is InChI=1S/C45H27N3/c1-3-14-28(15-4-1)36-24-13-27-39(46-36)48-38-26-12-22-33-31-19-8-7-18-30(31)32-21-11-23-35-40(32)43(41(33)38)45(48)42-34-20-9-10-25-37(34)47(44(35)42)29-16-5-2-6-17-29/h1-27H. The first kappa shape index (κ1) is 25.7. The molecule has 1 aliphatic rings. The summed E-state index contributed by atoms with van der Waals surface area (Å²) < 4.78 is 4.91. The third kappa shape index (κ3) is 3.30. The highest BCUT2D eigenvalue weighted by Gasteiger charge is 2.29. The molecule has 222 valence electrons. The highest BCUT2D eigenvalue weighted by atomic mass is 15.1. The summed E-state index contributed by atoms with van der Waals surface area (Å²) in [5.74, 6) is 0.914. The second-order valence-corrected chi connectivity index (χ2v) is 12.7. The minimum absolute atomic E-state index is 0.914. The van der Waals surface area contributed by atoms with E-state index in [1.807, 2.05) is 0 Å². The number of benzene rings is 7. The predicted octanol–water partition coefficient (Wildman–Crippen LogP) is 11.7. The molecule has 0 aliphatic heterocycles. The van der Waals surface area contributed by atoms with Gasteiger partial charge in [0.15, 0.2) is 0 Å². The third-order valence-electron chi connectivity index (χ3n) is 10.2. The average Bonchev–Trinajstić information content (AvgIpc) is 3.65. The highest BCUT2D eigenvalue weighted by Crippen LogP contribution is 2.53. The molecule has 48 heavy (non-hydrogen) atoms. The fourth-order valence-corrected chi connectivity index (χ4v) is 8.38. The first-order valence-electron chi connectivity index (χ1n) is 16.5. The Hall–Kier alpha value is -6.45. The van der Waals surface area contributed by atoms with E-state index in [0.717, 1.165) is 28.3 Å². The van der Waals surface area contributed by atoms with Gasteiger partial charge in [-0.2, -0.15) is 0 Å². The van der Waals surface area contributed by atoms with Crippen LogP contribution in [0, 0.1) is 0 Å². The van der Waals surface area contributed by atoms with Crippen LogP contribution in [0.5, 0.6) is 0 Å². The van der Waals surface area contributed by atoms with Crippen LogP contribution in [0.3, 0.4) is 0 Å². The van der Waals surface area contributed by atoms with E-state index in [1.165, 1.54) is 71.1 Å². The first-order chi connectivity index (χ1) is 23.9. The molecule has 7 aromatic carbocycles. The van der Waals surface area contributed by atoms with E-state index in [4.69, 9.17) is 4.98 Å². The number of para-hydroxylation sites is 2. The average molecular weight is 610 g/mol. The van der Waals surface area contributed by atoms with Gasteiger partial charge in [0.2, 0.25) is 0 Å². The third-order valence-corrected chi connectivity index (χ3v) is 10.2. The zero-order chi connectivity index (χ0) is 31.3. The van der Waals surface area contributed by atoms with Crippen LogP contribution in [0.15, 0.2) is 164 Å². The zero-order valence-electron chi connectivity index (χ0n) is 25.9. The first-order valence-corrected chi connectivity index (χ1v) is 16.5. The number of hydrogen-bond donors (Lipinski definition) is 0. The molecule has 0 atom stereocenters. The number of hydrogen-bond acceptors (Lipinski definition) is 1. The van der Waals surface area contributed by atoms with E-state index in [0.29, 0.717) is 0 Å². The molecule has 1 aliphatic carbocycles. The van der Waals surface area contributed by atoms with Crippen molar-refractivity contribution in [3.8, 4) is 45.0 Å². The lowest BCUT2D eigenvalue weighted by atomic mass is 9.92. The number of nitrogens with zero attached hydrogens (tertiary/aromatic N) is 3. The largest absolute Gasteiger partial charge is 0.309 e. The summed E-state index contributed by atoms with van der Waals surface area (Å²) in [5.41, 5.74) is 13.0. The molecule has 3 aromatic heterocycles. The topological polar surface area (TPSA) is 22.8 Å². The van der Waals surface area contributed by atoms with Crippen molar-refractivity contribution in [1.29, 1.82) is 0 Å². The predicted molar refractivity (Wildman–Crippen MR) is 200 cm³/mol. The summed E-state index contributed by atoms with van der Waals surface area (Å²) in [5, 5.41) is 7.59. The highest BCUT2D eigenvalue weighted by molar-refractivity contribution is 6.40. The second-order valence-electron chi connectivity index (χ2n) is 12.7. The number of fused-ring (bicyclic) bond motifs is 8. The molecule has 10 aromatic rings. The van der Waals surface area contributed by atoms with Crippen molar-refractivity contribution in [2.45, 2.75) is 0 Å². The Balaban J connectivity index is 1.45. The van der Waals surface area contributed by atoms with Crippen molar-refractivity contribution >= 4 is 54.4 Å². The van der Waals surface area contributed by atoms with Gasteiger partial charge in [-0.1, -0.05) is 127 Å². The summed E-state index contributed by atoms with van der Waals surface area (Å²) in [4.78, 5) is 5.39. The minimum atomic E-state index is 0.914. The molecule has 0 N–H and O–H groups in total. The van der Waals surface area contributed by atoms with Crippen molar-refractivity contribution in [1.82, 2.24) is 14.1 Å². The molecule has 3 heterocycles. The normalized spacial score (nSPS) is 12.2. The maximum absolute atomic E-state index is 5.39. The maximum atomic E-state index is 5.39.